The van der Waals surface area contributed by atoms with Crippen molar-refractivity contribution in [2.45, 2.75) is 6.42 Å². The van der Waals surface area contributed by atoms with Crippen molar-refractivity contribution in [3.05, 3.63) is 34.4 Å². The first kappa shape index (κ1) is 14.5. The summed E-state index contributed by atoms with van der Waals surface area (Å²) < 4.78 is 0. The molecular weight excluding hydrogens is 256 g/mol. The van der Waals surface area contributed by atoms with Crippen molar-refractivity contribution in [1.29, 1.82) is 0 Å². The van der Waals surface area contributed by atoms with Gasteiger partial charge in [-0.3, -0.25) is 14.9 Å². The van der Waals surface area contributed by atoms with Crippen LogP contribution in [0.2, 0.25) is 0 Å². The summed E-state index contributed by atoms with van der Waals surface area (Å²) in [5, 5.41) is 21.6. The minimum absolute atomic E-state index is 0.00896. The Labute approximate surface area is 109 Å². The number of aliphatic hydroxyl groups is 1. The number of thioether (sulfide) groups is 1. The highest BCUT2D eigenvalue weighted by Crippen LogP contribution is 2.15. The highest BCUT2D eigenvalue weighted by Gasteiger charge is 2.06. The largest absolute Gasteiger partial charge is 0.396 e. The fourth-order valence-corrected chi connectivity index (χ4v) is 1.93. The molecule has 0 spiro atoms. The van der Waals surface area contributed by atoms with E-state index >= 15 is 0 Å². The number of hydrogen-bond acceptors (Lipinski definition) is 5. The van der Waals surface area contributed by atoms with Crippen molar-refractivity contribution in [3.8, 4) is 0 Å². The number of anilines is 1. The number of nitro groups is 1. The van der Waals surface area contributed by atoms with Crippen LogP contribution in [0.1, 0.15) is 6.42 Å². The van der Waals surface area contributed by atoms with Crippen molar-refractivity contribution in [1.82, 2.24) is 0 Å². The van der Waals surface area contributed by atoms with Crippen LogP contribution in [0.4, 0.5) is 11.4 Å². The number of carbonyl (C=O) groups is 1. The van der Waals surface area contributed by atoms with Crippen LogP contribution in [0.25, 0.3) is 0 Å². The Morgan fingerprint density at radius 2 is 2.06 bits per heavy atom. The topological polar surface area (TPSA) is 92.5 Å². The van der Waals surface area contributed by atoms with E-state index in [2.05, 4.69) is 5.32 Å². The van der Waals surface area contributed by atoms with Gasteiger partial charge in [0.15, 0.2) is 0 Å². The van der Waals surface area contributed by atoms with Gasteiger partial charge < -0.3 is 10.4 Å². The molecule has 0 heterocycles. The molecule has 0 aliphatic rings. The second kappa shape index (κ2) is 7.67. The van der Waals surface area contributed by atoms with E-state index < -0.39 is 4.92 Å². The van der Waals surface area contributed by atoms with Crippen LogP contribution in [-0.4, -0.2) is 34.0 Å². The maximum atomic E-state index is 11.5. The van der Waals surface area contributed by atoms with Gasteiger partial charge in [0.2, 0.25) is 5.91 Å². The van der Waals surface area contributed by atoms with E-state index in [1.165, 1.54) is 36.0 Å². The van der Waals surface area contributed by atoms with E-state index in [1.807, 2.05) is 0 Å². The lowest BCUT2D eigenvalue weighted by molar-refractivity contribution is -0.384. The van der Waals surface area contributed by atoms with Gasteiger partial charge in [0, 0.05) is 24.4 Å². The highest BCUT2D eigenvalue weighted by atomic mass is 32.2. The lowest BCUT2D eigenvalue weighted by Gasteiger charge is -2.04. The van der Waals surface area contributed by atoms with Gasteiger partial charge >= 0.3 is 0 Å². The minimum Gasteiger partial charge on any atom is -0.396 e. The number of hydrogen-bond donors (Lipinski definition) is 2. The Balaban J connectivity index is 2.37. The van der Waals surface area contributed by atoms with E-state index in [1.54, 1.807) is 0 Å². The number of non-ortho nitro benzene ring substituents is 1. The fourth-order valence-electron chi connectivity index (χ4n) is 1.20. The molecule has 1 aromatic rings. The Kier molecular flexibility index (Phi) is 6.16. The van der Waals surface area contributed by atoms with Gasteiger partial charge in [-0.05, 0) is 24.3 Å². The standard InChI is InChI=1S/C11H14N2O4S/c14-6-1-7-18-8-11(15)12-9-2-4-10(5-3-9)13(16)17/h2-5,14H,1,6-8H2,(H,12,15). The number of rotatable bonds is 7. The summed E-state index contributed by atoms with van der Waals surface area (Å²) in [5.74, 6) is 0.869. The molecule has 6 nitrogen and oxygen atoms in total. The number of benzene rings is 1. The van der Waals surface area contributed by atoms with Crippen molar-refractivity contribution in [2.24, 2.45) is 0 Å². The Hall–Kier alpha value is -1.60. The molecule has 2 N–H and O–H groups in total. The molecule has 0 saturated heterocycles. The van der Waals surface area contributed by atoms with E-state index in [-0.39, 0.29) is 18.2 Å². The molecule has 0 atom stereocenters. The van der Waals surface area contributed by atoms with E-state index in [9.17, 15) is 14.9 Å². The zero-order valence-corrected chi connectivity index (χ0v) is 10.5. The summed E-state index contributed by atoms with van der Waals surface area (Å²) in [6, 6.07) is 5.67. The molecule has 0 aromatic heterocycles. The summed E-state index contributed by atoms with van der Waals surface area (Å²) >= 11 is 1.43. The van der Waals surface area contributed by atoms with Crippen LogP contribution < -0.4 is 5.32 Å². The zero-order chi connectivity index (χ0) is 13.4. The van der Waals surface area contributed by atoms with Gasteiger partial charge in [-0.25, -0.2) is 0 Å². The Morgan fingerprint density at radius 1 is 1.39 bits per heavy atom. The van der Waals surface area contributed by atoms with Gasteiger partial charge in [0.1, 0.15) is 0 Å². The summed E-state index contributed by atoms with van der Waals surface area (Å²) in [6.07, 6.45) is 0.662. The lowest BCUT2D eigenvalue weighted by atomic mass is 10.3. The van der Waals surface area contributed by atoms with Crippen LogP contribution in [0.15, 0.2) is 24.3 Å². The monoisotopic (exact) mass is 270 g/mol. The summed E-state index contributed by atoms with van der Waals surface area (Å²) in [6.45, 7) is 0.122. The second-order valence-corrected chi connectivity index (χ2v) is 4.59. The summed E-state index contributed by atoms with van der Waals surface area (Å²) in [4.78, 5) is 21.4. The number of aliphatic hydroxyl groups excluding tert-OH is 1. The van der Waals surface area contributed by atoms with E-state index in [4.69, 9.17) is 5.11 Å². The number of amides is 1. The molecular formula is C11H14N2O4S. The smallest absolute Gasteiger partial charge is 0.269 e. The van der Waals surface area contributed by atoms with Gasteiger partial charge in [-0.2, -0.15) is 11.8 Å². The molecule has 0 radical (unpaired) electrons. The van der Waals surface area contributed by atoms with Crippen LogP contribution in [-0.2, 0) is 4.79 Å². The lowest BCUT2D eigenvalue weighted by Crippen LogP contribution is -2.14. The number of nitro benzene ring substituents is 1. The predicted molar refractivity (Wildman–Crippen MR) is 70.8 cm³/mol. The quantitative estimate of drug-likeness (QED) is 0.446. The normalized spacial score (nSPS) is 10.1. The third kappa shape index (κ3) is 5.15. The zero-order valence-electron chi connectivity index (χ0n) is 9.67. The van der Waals surface area contributed by atoms with Crippen molar-refractivity contribution in [3.63, 3.8) is 0 Å². The van der Waals surface area contributed by atoms with Crippen LogP contribution in [0.5, 0.6) is 0 Å². The average Bonchev–Trinajstić information content (AvgIpc) is 2.35. The van der Waals surface area contributed by atoms with Crippen molar-refractivity contribution in [2.75, 3.05) is 23.4 Å². The molecule has 7 heteroatoms. The number of carbonyl (C=O) groups excluding carboxylic acids is 1. The van der Waals surface area contributed by atoms with Crippen molar-refractivity contribution >= 4 is 29.0 Å². The molecule has 0 saturated carbocycles. The van der Waals surface area contributed by atoms with Gasteiger partial charge in [0.25, 0.3) is 5.69 Å². The third-order valence-corrected chi connectivity index (χ3v) is 3.09. The van der Waals surface area contributed by atoms with Gasteiger partial charge in [-0.1, -0.05) is 0 Å². The van der Waals surface area contributed by atoms with E-state index in [0.29, 0.717) is 17.9 Å². The van der Waals surface area contributed by atoms with E-state index in [0.717, 1.165) is 5.75 Å². The molecule has 0 bridgehead atoms. The van der Waals surface area contributed by atoms with Gasteiger partial charge in [0.05, 0.1) is 10.7 Å². The first-order valence-electron chi connectivity index (χ1n) is 5.36. The second-order valence-electron chi connectivity index (χ2n) is 3.48. The molecule has 1 aromatic carbocycles. The maximum absolute atomic E-state index is 11.5. The molecule has 18 heavy (non-hydrogen) atoms. The fraction of sp³-hybridized carbons (Fsp3) is 0.364. The SMILES string of the molecule is O=C(CSCCCO)Nc1ccc([N+](=O)[O-])cc1. The third-order valence-electron chi connectivity index (χ3n) is 2.04. The van der Waals surface area contributed by atoms with Crippen LogP contribution in [0.3, 0.4) is 0 Å². The first-order valence-corrected chi connectivity index (χ1v) is 6.52. The molecule has 1 amide bonds. The summed E-state index contributed by atoms with van der Waals surface area (Å²) in [7, 11) is 0. The molecule has 0 unspecified atom stereocenters. The molecule has 98 valence electrons. The van der Waals surface area contributed by atoms with Crippen LogP contribution >= 0.6 is 11.8 Å². The van der Waals surface area contributed by atoms with Crippen molar-refractivity contribution < 1.29 is 14.8 Å². The number of nitrogens with zero attached hydrogens (tertiary/aromatic N) is 1. The Morgan fingerprint density at radius 3 is 2.61 bits per heavy atom. The van der Waals surface area contributed by atoms with Crippen LogP contribution in [0, 0.1) is 10.1 Å². The highest BCUT2D eigenvalue weighted by molar-refractivity contribution is 7.99. The minimum atomic E-state index is -0.490. The molecule has 1 rings (SSSR count). The average molecular weight is 270 g/mol. The molecule has 0 fully saturated rings. The molecule has 0 aliphatic heterocycles. The number of nitrogens with one attached hydrogen (secondary N) is 1. The first-order chi connectivity index (χ1) is 8.63. The predicted octanol–water partition coefficient (Wildman–Crippen LogP) is 1.65. The maximum Gasteiger partial charge on any atom is 0.269 e. The molecule has 0 aliphatic carbocycles. The Bertz CT molecular complexity index is 408. The summed E-state index contributed by atoms with van der Waals surface area (Å²) in [5.41, 5.74) is 0.527. The van der Waals surface area contributed by atoms with Gasteiger partial charge in [-0.15, -0.1) is 0 Å².